The van der Waals surface area contributed by atoms with Crippen LogP contribution in [0.2, 0.25) is 0 Å². The molecule has 0 aliphatic heterocycles. The van der Waals surface area contributed by atoms with Crippen molar-refractivity contribution in [1.29, 1.82) is 0 Å². The van der Waals surface area contributed by atoms with Crippen LogP contribution in [0.15, 0.2) is 24.3 Å². The summed E-state index contributed by atoms with van der Waals surface area (Å²) in [5, 5.41) is 3.50. The lowest BCUT2D eigenvalue weighted by Crippen LogP contribution is -2.20. The van der Waals surface area contributed by atoms with Crippen LogP contribution in [0.4, 0.5) is 0 Å². The summed E-state index contributed by atoms with van der Waals surface area (Å²) < 4.78 is 5.84. The molecule has 2 rings (SSSR count). The van der Waals surface area contributed by atoms with E-state index in [4.69, 9.17) is 4.74 Å². The van der Waals surface area contributed by atoms with Gasteiger partial charge in [-0.2, -0.15) is 0 Å². The van der Waals surface area contributed by atoms with Gasteiger partial charge in [0.25, 0.3) is 0 Å². The van der Waals surface area contributed by atoms with Crippen molar-refractivity contribution < 1.29 is 4.74 Å². The number of rotatable bonds is 8. The zero-order chi connectivity index (χ0) is 12.8. The SMILES string of the molecule is CCNC(CC)c1cccc(OCCC2CC2)c1. The van der Waals surface area contributed by atoms with Gasteiger partial charge in [-0.25, -0.2) is 0 Å². The maximum atomic E-state index is 5.84. The molecular formula is C16H25NO. The van der Waals surface area contributed by atoms with Crippen LogP contribution in [0.1, 0.15) is 51.1 Å². The molecule has 2 nitrogen and oxygen atoms in total. The molecule has 1 aromatic rings. The monoisotopic (exact) mass is 247 g/mol. The van der Waals surface area contributed by atoms with Gasteiger partial charge in [-0.1, -0.05) is 38.8 Å². The standard InChI is InChI=1S/C16H25NO/c1-3-16(17-4-2)14-6-5-7-15(12-14)18-11-10-13-8-9-13/h5-7,12-13,16-17H,3-4,8-11H2,1-2H3. The van der Waals surface area contributed by atoms with Gasteiger partial charge >= 0.3 is 0 Å². The van der Waals surface area contributed by atoms with E-state index in [1.165, 1.54) is 24.8 Å². The first kappa shape index (κ1) is 13.4. The van der Waals surface area contributed by atoms with Crippen molar-refractivity contribution in [2.45, 2.75) is 45.6 Å². The van der Waals surface area contributed by atoms with E-state index in [9.17, 15) is 0 Å². The van der Waals surface area contributed by atoms with E-state index in [1.54, 1.807) is 0 Å². The Balaban J connectivity index is 1.89. The maximum absolute atomic E-state index is 5.84. The van der Waals surface area contributed by atoms with Crippen LogP contribution in [0.3, 0.4) is 0 Å². The Morgan fingerprint density at radius 2 is 2.17 bits per heavy atom. The van der Waals surface area contributed by atoms with Crippen LogP contribution in [0, 0.1) is 5.92 Å². The van der Waals surface area contributed by atoms with Gasteiger partial charge in [-0.15, -0.1) is 0 Å². The highest BCUT2D eigenvalue weighted by atomic mass is 16.5. The van der Waals surface area contributed by atoms with Gasteiger partial charge in [0, 0.05) is 6.04 Å². The number of ether oxygens (including phenoxy) is 1. The van der Waals surface area contributed by atoms with Crippen LogP contribution in [-0.4, -0.2) is 13.2 Å². The minimum Gasteiger partial charge on any atom is -0.494 e. The van der Waals surface area contributed by atoms with Crippen LogP contribution < -0.4 is 10.1 Å². The number of benzene rings is 1. The lowest BCUT2D eigenvalue weighted by Gasteiger charge is -2.17. The summed E-state index contributed by atoms with van der Waals surface area (Å²) >= 11 is 0. The van der Waals surface area contributed by atoms with Crippen LogP contribution in [0.5, 0.6) is 5.75 Å². The topological polar surface area (TPSA) is 21.3 Å². The third kappa shape index (κ3) is 4.02. The first-order valence-electron chi connectivity index (χ1n) is 7.29. The number of hydrogen-bond acceptors (Lipinski definition) is 2. The number of nitrogens with one attached hydrogen (secondary N) is 1. The fourth-order valence-corrected chi connectivity index (χ4v) is 2.32. The summed E-state index contributed by atoms with van der Waals surface area (Å²) in [6, 6.07) is 8.98. The fourth-order valence-electron chi connectivity index (χ4n) is 2.32. The Hall–Kier alpha value is -1.02. The maximum Gasteiger partial charge on any atom is 0.119 e. The molecule has 1 aliphatic rings. The van der Waals surface area contributed by atoms with Crippen LogP contribution in [0.25, 0.3) is 0 Å². The summed E-state index contributed by atoms with van der Waals surface area (Å²) in [7, 11) is 0. The Morgan fingerprint density at radius 1 is 1.33 bits per heavy atom. The molecule has 0 spiro atoms. The fraction of sp³-hybridized carbons (Fsp3) is 0.625. The summed E-state index contributed by atoms with van der Waals surface area (Å²) in [6.07, 6.45) is 5.14. The van der Waals surface area contributed by atoms with Crippen molar-refractivity contribution in [3.8, 4) is 5.75 Å². The van der Waals surface area contributed by atoms with E-state index in [0.717, 1.165) is 31.2 Å². The molecule has 1 aromatic carbocycles. The molecule has 0 radical (unpaired) electrons. The Bertz CT molecular complexity index is 360. The molecule has 1 unspecified atom stereocenters. The first-order chi connectivity index (χ1) is 8.83. The first-order valence-corrected chi connectivity index (χ1v) is 7.29. The molecule has 1 N–H and O–H groups in total. The molecule has 0 amide bonds. The van der Waals surface area contributed by atoms with Crippen molar-refractivity contribution in [2.75, 3.05) is 13.2 Å². The zero-order valence-electron chi connectivity index (χ0n) is 11.6. The second kappa shape index (κ2) is 6.79. The minimum atomic E-state index is 0.446. The molecule has 18 heavy (non-hydrogen) atoms. The smallest absolute Gasteiger partial charge is 0.119 e. The molecular weight excluding hydrogens is 222 g/mol. The summed E-state index contributed by atoms with van der Waals surface area (Å²) in [6.45, 7) is 6.24. The average Bonchev–Trinajstić information content (AvgIpc) is 3.20. The summed E-state index contributed by atoms with van der Waals surface area (Å²) in [5.41, 5.74) is 1.34. The second-order valence-electron chi connectivity index (χ2n) is 5.17. The Kier molecular flexibility index (Phi) is 5.06. The third-order valence-electron chi connectivity index (χ3n) is 3.61. The van der Waals surface area contributed by atoms with E-state index in [2.05, 4.69) is 43.4 Å². The predicted octanol–water partition coefficient (Wildman–Crippen LogP) is 3.93. The quantitative estimate of drug-likeness (QED) is 0.751. The molecule has 1 atom stereocenters. The van der Waals surface area contributed by atoms with Crippen molar-refractivity contribution in [3.63, 3.8) is 0 Å². The molecule has 0 saturated heterocycles. The van der Waals surface area contributed by atoms with E-state index in [1.807, 2.05) is 0 Å². The highest BCUT2D eigenvalue weighted by molar-refractivity contribution is 5.30. The largest absolute Gasteiger partial charge is 0.494 e. The van der Waals surface area contributed by atoms with Gasteiger partial charge in [0.2, 0.25) is 0 Å². The Labute approximate surface area is 111 Å². The van der Waals surface area contributed by atoms with Crippen molar-refractivity contribution in [2.24, 2.45) is 5.92 Å². The van der Waals surface area contributed by atoms with Gasteiger partial charge < -0.3 is 10.1 Å². The van der Waals surface area contributed by atoms with Crippen LogP contribution in [-0.2, 0) is 0 Å². The third-order valence-corrected chi connectivity index (χ3v) is 3.61. The van der Waals surface area contributed by atoms with Gasteiger partial charge in [0.05, 0.1) is 6.61 Å². The highest BCUT2D eigenvalue weighted by Gasteiger charge is 2.20. The summed E-state index contributed by atoms with van der Waals surface area (Å²) in [4.78, 5) is 0. The number of hydrogen-bond donors (Lipinski definition) is 1. The molecule has 0 bridgehead atoms. The molecule has 1 fully saturated rings. The van der Waals surface area contributed by atoms with Gasteiger partial charge in [-0.3, -0.25) is 0 Å². The molecule has 100 valence electrons. The van der Waals surface area contributed by atoms with Gasteiger partial charge in [0.1, 0.15) is 5.75 Å². The zero-order valence-corrected chi connectivity index (χ0v) is 11.6. The minimum absolute atomic E-state index is 0.446. The molecule has 1 saturated carbocycles. The van der Waals surface area contributed by atoms with E-state index >= 15 is 0 Å². The highest BCUT2D eigenvalue weighted by Crippen LogP contribution is 2.32. The predicted molar refractivity (Wildman–Crippen MR) is 76.0 cm³/mol. The van der Waals surface area contributed by atoms with Crippen molar-refractivity contribution >= 4 is 0 Å². The molecule has 0 aromatic heterocycles. The van der Waals surface area contributed by atoms with E-state index < -0.39 is 0 Å². The second-order valence-corrected chi connectivity index (χ2v) is 5.17. The Morgan fingerprint density at radius 3 is 2.83 bits per heavy atom. The van der Waals surface area contributed by atoms with Crippen molar-refractivity contribution in [3.05, 3.63) is 29.8 Å². The summed E-state index contributed by atoms with van der Waals surface area (Å²) in [5.74, 6) is 1.96. The van der Waals surface area contributed by atoms with Crippen LogP contribution >= 0.6 is 0 Å². The average molecular weight is 247 g/mol. The van der Waals surface area contributed by atoms with E-state index in [-0.39, 0.29) is 0 Å². The van der Waals surface area contributed by atoms with Gasteiger partial charge in [-0.05, 0) is 43.0 Å². The molecule has 2 heteroatoms. The molecule has 1 aliphatic carbocycles. The van der Waals surface area contributed by atoms with Crippen molar-refractivity contribution in [1.82, 2.24) is 5.32 Å². The van der Waals surface area contributed by atoms with E-state index in [0.29, 0.717) is 6.04 Å². The normalized spacial score (nSPS) is 16.6. The van der Waals surface area contributed by atoms with Gasteiger partial charge in [0.15, 0.2) is 0 Å². The lowest BCUT2D eigenvalue weighted by molar-refractivity contribution is 0.302. The molecule has 0 heterocycles. The lowest BCUT2D eigenvalue weighted by atomic mass is 10.0.